The Balaban J connectivity index is 1.44. The van der Waals surface area contributed by atoms with E-state index in [2.05, 4.69) is 90.3 Å². The Kier molecular flexibility index (Phi) is 8.27. The minimum Gasteiger partial charge on any atom is -0.407 e. The van der Waals surface area contributed by atoms with E-state index in [-0.39, 0.29) is 11.2 Å². The van der Waals surface area contributed by atoms with Crippen LogP contribution in [0.2, 0.25) is 5.02 Å². The SMILES string of the molecule is CC(C)(C)c1ccc([Si](OCCCc2nn(-c3ccc(F)cc3Br)cc2Cl)c2ccccc2)cc1. The van der Waals surface area contributed by atoms with Crippen molar-refractivity contribution in [3.63, 3.8) is 0 Å². The lowest BCUT2D eigenvalue weighted by atomic mass is 9.87. The van der Waals surface area contributed by atoms with Crippen molar-refractivity contribution in [2.75, 3.05) is 6.61 Å². The van der Waals surface area contributed by atoms with E-state index in [1.54, 1.807) is 16.9 Å². The van der Waals surface area contributed by atoms with Crippen LogP contribution >= 0.6 is 27.5 Å². The first-order valence-electron chi connectivity index (χ1n) is 11.6. The Morgan fingerprint density at radius 2 is 1.69 bits per heavy atom. The third-order valence-electron chi connectivity index (χ3n) is 5.75. The summed E-state index contributed by atoms with van der Waals surface area (Å²) in [5, 5.41) is 7.67. The Morgan fingerprint density at radius 3 is 2.34 bits per heavy atom. The fourth-order valence-corrected chi connectivity index (χ4v) is 6.54. The lowest BCUT2D eigenvalue weighted by molar-refractivity contribution is 0.325. The van der Waals surface area contributed by atoms with Crippen LogP contribution in [0.15, 0.2) is 83.5 Å². The summed E-state index contributed by atoms with van der Waals surface area (Å²) in [5.41, 5.74) is 2.97. The summed E-state index contributed by atoms with van der Waals surface area (Å²) in [6.45, 7) is 7.28. The van der Waals surface area contributed by atoms with Gasteiger partial charge in [-0.15, -0.1) is 0 Å². The van der Waals surface area contributed by atoms with Crippen molar-refractivity contribution in [3.05, 3.63) is 106 Å². The van der Waals surface area contributed by atoms with E-state index < -0.39 is 9.04 Å². The molecule has 4 aromatic rings. The Labute approximate surface area is 221 Å². The third-order valence-corrected chi connectivity index (χ3v) is 8.91. The zero-order valence-corrected chi connectivity index (χ0v) is 23.4. The maximum atomic E-state index is 13.4. The summed E-state index contributed by atoms with van der Waals surface area (Å²) in [6, 6.07) is 23.8. The van der Waals surface area contributed by atoms with E-state index in [9.17, 15) is 4.39 Å². The molecule has 0 saturated carbocycles. The molecule has 0 spiro atoms. The third kappa shape index (κ3) is 6.50. The number of hydrogen-bond acceptors (Lipinski definition) is 2. The molecule has 0 aliphatic rings. The quantitative estimate of drug-likeness (QED) is 0.179. The number of halogens is 3. The number of rotatable bonds is 8. The molecule has 181 valence electrons. The standard InChI is InChI=1S/C28H28BrClFN2OSi/c1-28(2,3)20-11-14-23(15-12-20)35(22-8-5-4-6-9-22)34-17-7-10-26-25(30)19-33(32-26)27-16-13-21(31)18-24(27)29/h4-6,8-9,11-16,18-19H,7,10,17H2,1-3H3. The van der Waals surface area contributed by atoms with Crippen LogP contribution < -0.4 is 10.4 Å². The second-order valence-corrected chi connectivity index (χ2v) is 12.8. The number of nitrogens with zero attached hydrogens (tertiary/aromatic N) is 2. The minimum atomic E-state index is -1.37. The first kappa shape index (κ1) is 25.8. The molecule has 0 bridgehead atoms. The van der Waals surface area contributed by atoms with Crippen LogP contribution in [-0.4, -0.2) is 25.4 Å². The highest BCUT2D eigenvalue weighted by Gasteiger charge is 2.21. The maximum absolute atomic E-state index is 13.4. The molecular weight excluding hydrogens is 543 g/mol. The minimum absolute atomic E-state index is 0.116. The second kappa shape index (κ2) is 11.2. The molecule has 0 N–H and O–H groups in total. The highest BCUT2D eigenvalue weighted by Crippen LogP contribution is 2.25. The van der Waals surface area contributed by atoms with Crippen LogP contribution in [0.3, 0.4) is 0 Å². The van der Waals surface area contributed by atoms with Gasteiger partial charge in [0.2, 0.25) is 0 Å². The Morgan fingerprint density at radius 1 is 1.00 bits per heavy atom. The molecule has 0 aliphatic heterocycles. The summed E-state index contributed by atoms with van der Waals surface area (Å²) in [6.07, 6.45) is 3.24. The van der Waals surface area contributed by atoms with Crippen LogP contribution in [-0.2, 0) is 16.3 Å². The van der Waals surface area contributed by atoms with Crippen molar-refractivity contribution in [3.8, 4) is 5.69 Å². The van der Waals surface area contributed by atoms with Crippen molar-refractivity contribution in [1.82, 2.24) is 9.78 Å². The number of aromatic nitrogens is 2. The van der Waals surface area contributed by atoms with Gasteiger partial charge in [0, 0.05) is 17.3 Å². The average molecular weight is 571 g/mol. The molecule has 0 amide bonds. The summed E-state index contributed by atoms with van der Waals surface area (Å²) >= 11 is 9.85. The van der Waals surface area contributed by atoms with Crippen LogP contribution in [0.5, 0.6) is 0 Å². The molecule has 1 heterocycles. The van der Waals surface area contributed by atoms with E-state index >= 15 is 0 Å². The molecule has 0 atom stereocenters. The van der Waals surface area contributed by atoms with Crippen LogP contribution in [0, 0.1) is 5.82 Å². The van der Waals surface area contributed by atoms with Gasteiger partial charge in [0.05, 0.1) is 16.4 Å². The topological polar surface area (TPSA) is 27.1 Å². The number of hydrogen-bond donors (Lipinski definition) is 0. The van der Waals surface area contributed by atoms with E-state index in [1.807, 2.05) is 6.07 Å². The molecule has 1 aromatic heterocycles. The van der Waals surface area contributed by atoms with Gasteiger partial charge in [-0.3, -0.25) is 0 Å². The first-order valence-corrected chi connectivity index (χ1v) is 14.2. The van der Waals surface area contributed by atoms with Crippen molar-refractivity contribution in [2.45, 2.75) is 39.0 Å². The molecule has 0 aliphatic carbocycles. The molecule has 0 fully saturated rings. The highest BCUT2D eigenvalue weighted by molar-refractivity contribution is 9.10. The van der Waals surface area contributed by atoms with Gasteiger partial charge >= 0.3 is 0 Å². The van der Waals surface area contributed by atoms with Crippen molar-refractivity contribution in [1.29, 1.82) is 0 Å². The summed E-state index contributed by atoms with van der Waals surface area (Å²) < 4.78 is 22.2. The Bertz CT molecular complexity index is 1270. The van der Waals surface area contributed by atoms with Gasteiger partial charge in [0.1, 0.15) is 5.82 Å². The van der Waals surface area contributed by atoms with E-state index in [4.69, 9.17) is 16.0 Å². The molecule has 35 heavy (non-hydrogen) atoms. The van der Waals surface area contributed by atoms with Gasteiger partial charge in [0.25, 0.3) is 9.04 Å². The van der Waals surface area contributed by atoms with Crippen LogP contribution in [0.25, 0.3) is 5.69 Å². The van der Waals surface area contributed by atoms with Crippen molar-refractivity contribution >= 4 is 46.9 Å². The van der Waals surface area contributed by atoms with Gasteiger partial charge in [-0.25, -0.2) is 9.07 Å². The maximum Gasteiger partial charge on any atom is 0.282 e. The zero-order valence-electron chi connectivity index (χ0n) is 20.1. The number of aryl methyl sites for hydroxylation is 1. The van der Waals surface area contributed by atoms with Crippen LogP contribution in [0.4, 0.5) is 4.39 Å². The summed E-state index contributed by atoms with van der Waals surface area (Å²) in [4.78, 5) is 0. The molecule has 3 aromatic carbocycles. The monoisotopic (exact) mass is 569 g/mol. The van der Waals surface area contributed by atoms with Gasteiger partial charge in [0.15, 0.2) is 0 Å². The predicted octanol–water partition coefficient (Wildman–Crippen LogP) is 6.48. The van der Waals surface area contributed by atoms with E-state index in [0.29, 0.717) is 22.5 Å². The van der Waals surface area contributed by atoms with E-state index in [1.165, 1.54) is 28.1 Å². The van der Waals surface area contributed by atoms with E-state index in [0.717, 1.165) is 17.8 Å². The zero-order chi connectivity index (χ0) is 25.0. The van der Waals surface area contributed by atoms with Gasteiger partial charge in [-0.2, -0.15) is 5.10 Å². The summed E-state index contributed by atoms with van der Waals surface area (Å²) in [5.74, 6) is -0.305. The Hall–Kier alpha value is -2.25. The largest absolute Gasteiger partial charge is 0.407 e. The fourth-order valence-electron chi connectivity index (χ4n) is 3.81. The molecule has 1 radical (unpaired) electrons. The van der Waals surface area contributed by atoms with Crippen LogP contribution in [0.1, 0.15) is 38.4 Å². The summed E-state index contributed by atoms with van der Waals surface area (Å²) in [7, 11) is -1.37. The molecule has 7 heteroatoms. The smallest absolute Gasteiger partial charge is 0.282 e. The molecule has 0 saturated heterocycles. The lowest BCUT2D eigenvalue weighted by Gasteiger charge is -2.21. The van der Waals surface area contributed by atoms with Gasteiger partial charge in [-0.05, 0) is 68.3 Å². The average Bonchev–Trinajstić information content (AvgIpc) is 3.19. The number of benzene rings is 3. The predicted molar refractivity (Wildman–Crippen MR) is 147 cm³/mol. The lowest BCUT2D eigenvalue weighted by Crippen LogP contribution is -2.45. The molecular formula is C28H28BrClFN2OSi. The highest BCUT2D eigenvalue weighted by atomic mass is 79.9. The van der Waals surface area contributed by atoms with Gasteiger partial charge < -0.3 is 4.43 Å². The normalized spacial score (nSPS) is 11.9. The first-order chi connectivity index (χ1) is 16.7. The molecule has 3 nitrogen and oxygen atoms in total. The fraction of sp³-hybridized carbons (Fsp3) is 0.250. The molecule has 0 unspecified atom stereocenters. The molecule has 4 rings (SSSR count). The van der Waals surface area contributed by atoms with Crippen molar-refractivity contribution in [2.24, 2.45) is 0 Å². The second-order valence-electron chi connectivity index (χ2n) is 9.44. The van der Waals surface area contributed by atoms with Gasteiger partial charge in [-0.1, -0.05) is 87.0 Å². The van der Waals surface area contributed by atoms with Crippen molar-refractivity contribution < 1.29 is 8.82 Å².